The molecule has 1 heterocycles. The second-order valence-electron chi connectivity index (χ2n) is 4.51. The van der Waals surface area contributed by atoms with Crippen LogP contribution in [0.3, 0.4) is 0 Å². The van der Waals surface area contributed by atoms with E-state index in [1.54, 1.807) is 0 Å². The van der Waals surface area contributed by atoms with Crippen molar-refractivity contribution in [1.29, 1.82) is 0 Å². The Morgan fingerprint density at radius 1 is 1.35 bits per heavy atom. The molecule has 0 saturated carbocycles. The van der Waals surface area contributed by atoms with E-state index >= 15 is 0 Å². The lowest BCUT2D eigenvalue weighted by Gasteiger charge is -2.07. The van der Waals surface area contributed by atoms with Crippen LogP contribution in [0.15, 0.2) is 28.9 Å². The Hall–Kier alpha value is -1.16. The number of rotatable bonds is 4. The highest BCUT2D eigenvalue weighted by molar-refractivity contribution is 9.10. The molecule has 0 amide bonds. The van der Waals surface area contributed by atoms with Gasteiger partial charge in [0.05, 0.1) is 5.52 Å². The maximum Gasteiger partial charge on any atom is 0.223 e. The molecule has 4 heteroatoms. The predicted octanol–water partition coefficient (Wildman–Crippen LogP) is 3.85. The Morgan fingerprint density at radius 2 is 2.18 bits per heavy atom. The Balaban J connectivity index is 2.12. The Labute approximate surface area is 110 Å². The zero-order chi connectivity index (χ0) is 12.3. The smallest absolute Gasteiger partial charge is 0.223 e. The minimum atomic E-state index is 0.693. The molecule has 0 aliphatic carbocycles. The molecule has 0 saturated heterocycles. The van der Waals surface area contributed by atoms with Crippen molar-refractivity contribution >= 4 is 32.8 Å². The summed E-state index contributed by atoms with van der Waals surface area (Å²) in [5, 5.41) is 4.30. The molecular weight excluding hydrogens is 278 g/mol. The average Bonchev–Trinajstić information content (AvgIpc) is 2.29. The van der Waals surface area contributed by atoms with Crippen molar-refractivity contribution in [2.75, 3.05) is 11.9 Å². The van der Waals surface area contributed by atoms with Crippen LogP contribution in [-0.2, 0) is 0 Å². The number of fused-ring (bicyclic) bond motifs is 1. The van der Waals surface area contributed by atoms with E-state index in [0.717, 1.165) is 28.3 Å². The molecule has 2 aromatic rings. The first-order valence-electron chi connectivity index (χ1n) is 5.81. The largest absolute Gasteiger partial charge is 0.354 e. The number of aromatic nitrogens is 2. The second kappa shape index (κ2) is 5.45. The summed E-state index contributed by atoms with van der Waals surface area (Å²) < 4.78 is 1.05. The molecule has 0 radical (unpaired) electrons. The van der Waals surface area contributed by atoms with Crippen LogP contribution in [0, 0.1) is 5.92 Å². The molecule has 1 aromatic heterocycles. The maximum absolute atomic E-state index is 4.47. The van der Waals surface area contributed by atoms with E-state index in [2.05, 4.69) is 45.1 Å². The zero-order valence-electron chi connectivity index (χ0n) is 10.1. The Morgan fingerprint density at radius 3 is 2.94 bits per heavy atom. The fourth-order valence-corrected chi connectivity index (χ4v) is 1.94. The molecule has 0 aliphatic rings. The van der Waals surface area contributed by atoms with Gasteiger partial charge >= 0.3 is 0 Å². The maximum atomic E-state index is 4.47. The summed E-state index contributed by atoms with van der Waals surface area (Å²) in [6.07, 6.45) is 2.98. The first kappa shape index (κ1) is 12.3. The first-order valence-corrected chi connectivity index (χ1v) is 6.60. The normalized spacial score (nSPS) is 11.1. The van der Waals surface area contributed by atoms with Crippen LogP contribution in [0.4, 0.5) is 5.95 Å². The lowest BCUT2D eigenvalue weighted by atomic mass is 10.1. The number of nitrogens with one attached hydrogen (secondary N) is 1. The number of nitrogens with zero attached hydrogens (tertiary/aromatic N) is 2. The van der Waals surface area contributed by atoms with Gasteiger partial charge < -0.3 is 5.32 Å². The summed E-state index contributed by atoms with van der Waals surface area (Å²) in [7, 11) is 0. The fourth-order valence-electron chi connectivity index (χ4n) is 1.56. The third-order valence-electron chi connectivity index (χ3n) is 2.55. The predicted molar refractivity (Wildman–Crippen MR) is 75.2 cm³/mol. The number of anilines is 1. The molecule has 1 aromatic carbocycles. The van der Waals surface area contributed by atoms with Crippen LogP contribution in [0.1, 0.15) is 20.3 Å². The summed E-state index contributed by atoms with van der Waals surface area (Å²) >= 11 is 3.44. The summed E-state index contributed by atoms with van der Waals surface area (Å²) in [4.78, 5) is 8.77. The van der Waals surface area contributed by atoms with E-state index in [1.807, 2.05) is 24.4 Å². The van der Waals surface area contributed by atoms with Gasteiger partial charge in [-0.2, -0.15) is 0 Å². The van der Waals surface area contributed by atoms with Crippen molar-refractivity contribution in [3.63, 3.8) is 0 Å². The summed E-state index contributed by atoms with van der Waals surface area (Å²) in [5.41, 5.74) is 0.968. The van der Waals surface area contributed by atoms with Gasteiger partial charge in [0.2, 0.25) is 5.95 Å². The van der Waals surface area contributed by atoms with Crippen LogP contribution in [-0.4, -0.2) is 16.5 Å². The molecule has 17 heavy (non-hydrogen) atoms. The minimum absolute atomic E-state index is 0.693. The lowest BCUT2D eigenvalue weighted by molar-refractivity contribution is 0.606. The van der Waals surface area contributed by atoms with E-state index in [9.17, 15) is 0 Å². The third-order valence-corrected chi connectivity index (χ3v) is 3.04. The topological polar surface area (TPSA) is 37.8 Å². The monoisotopic (exact) mass is 293 g/mol. The van der Waals surface area contributed by atoms with Gasteiger partial charge in [0, 0.05) is 22.6 Å². The van der Waals surface area contributed by atoms with Crippen molar-refractivity contribution in [3.8, 4) is 0 Å². The van der Waals surface area contributed by atoms with E-state index < -0.39 is 0 Å². The molecule has 0 bridgehead atoms. The number of benzene rings is 1. The van der Waals surface area contributed by atoms with Crippen LogP contribution in [0.5, 0.6) is 0 Å². The van der Waals surface area contributed by atoms with Gasteiger partial charge in [0.1, 0.15) is 0 Å². The molecular formula is C13H16BrN3. The number of hydrogen-bond acceptors (Lipinski definition) is 3. The van der Waals surface area contributed by atoms with Crippen molar-refractivity contribution < 1.29 is 0 Å². The molecule has 90 valence electrons. The molecule has 0 atom stereocenters. The Bertz CT molecular complexity index is 511. The molecule has 0 aliphatic heterocycles. The van der Waals surface area contributed by atoms with Crippen molar-refractivity contribution in [1.82, 2.24) is 9.97 Å². The van der Waals surface area contributed by atoms with Gasteiger partial charge in [-0.05, 0) is 30.5 Å². The van der Waals surface area contributed by atoms with E-state index in [4.69, 9.17) is 0 Å². The first-order chi connectivity index (χ1) is 8.15. The van der Waals surface area contributed by atoms with Gasteiger partial charge in [-0.25, -0.2) is 9.97 Å². The summed E-state index contributed by atoms with van der Waals surface area (Å²) in [5.74, 6) is 1.40. The standard InChI is InChI=1S/C13H16BrN3/c1-9(2)5-6-15-13-16-8-10-7-11(14)3-4-12(10)17-13/h3-4,7-9H,5-6H2,1-2H3,(H,15,16,17). The second-order valence-corrected chi connectivity index (χ2v) is 5.42. The molecule has 1 N–H and O–H groups in total. The molecule has 0 fully saturated rings. The van der Waals surface area contributed by atoms with Gasteiger partial charge in [-0.3, -0.25) is 0 Å². The number of halogens is 1. The zero-order valence-corrected chi connectivity index (χ0v) is 11.7. The SMILES string of the molecule is CC(C)CCNc1ncc2cc(Br)ccc2n1. The van der Waals surface area contributed by atoms with Crippen LogP contribution in [0.2, 0.25) is 0 Å². The molecule has 0 unspecified atom stereocenters. The quantitative estimate of drug-likeness (QED) is 0.930. The molecule has 3 nitrogen and oxygen atoms in total. The number of hydrogen-bond donors (Lipinski definition) is 1. The summed E-state index contributed by atoms with van der Waals surface area (Å²) in [6.45, 7) is 5.33. The van der Waals surface area contributed by atoms with Gasteiger partial charge in [0.15, 0.2) is 0 Å². The van der Waals surface area contributed by atoms with Gasteiger partial charge in [0.25, 0.3) is 0 Å². The van der Waals surface area contributed by atoms with Crippen LogP contribution in [0.25, 0.3) is 10.9 Å². The molecule has 0 spiro atoms. The van der Waals surface area contributed by atoms with E-state index in [0.29, 0.717) is 11.9 Å². The third kappa shape index (κ3) is 3.40. The van der Waals surface area contributed by atoms with Crippen molar-refractivity contribution in [2.24, 2.45) is 5.92 Å². The highest BCUT2D eigenvalue weighted by Crippen LogP contribution is 2.18. The lowest BCUT2D eigenvalue weighted by Crippen LogP contribution is -2.07. The van der Waals surface area contributed by atoms with Crippen LogP contribution >= 0.6 is 15.9 Å². The van der Waals surface area contributed by atoms with Gasteiger partial charge in [-0.1, -0.05) is 29.8 Å². The van der Waals surface area contributed by atoms with Crippen molar-refractivity contribution in [2.45, 2.75) is 20.3 Å². The fraction of sp³-hybridized carbons (Fsp3) is 0.385. The summed E-state index contributed by atoms with van der Waals surface area (Å²) in [6, 6.07) is 6.01. The van der Waals surface area contributed by atoms with E-state index in [-0.39, 0.29) is 0 Å². The van der Waals surface area contributed by atoms with Gasteiger partial charge in [-0.15, -0.1) is 0 Å². The van der Waals surface area contributed by atoms with Crippen molar-refractivity contribution in [3.05, 3.63) is 28.9 Å². The Kier molecular flexibility index (Phi) is 3.94. The van der Waals surface area contributed by atoms with E-state index in [1.165, 1.54) is 0 Å². The van der Waals surface area contributed by atoms with Crippen LogP contribution < -0.4 is 5.32 Å². The minimum Gasteiger partial charge on any atom is -0.354 e. The highest BCUT2D eigenvalue weighted by atomic mass is 79.9. The average molecular weight is 294 g/mol. The molecule has 2 rings (SSSR count). The highest BCUT2D eigenvalue weighted by Gasteiger charge is 2.00.